The van der Waals surface area contributed by atoms with Gasteiger partial charge in [-0.2, -0.15) is 0 Å². The second-order valence-electron chi connectivity index (χ2n) is 10.5. The summed E-state index contributed by atoms with van der Waals surface area (Å²) in [5, 5.41) is 8.03. The van der Waals surface area contributed by atoms with Crippen molar-refractivity contribution < 1.29 is 0 Å². The van der Waals surface area contributed by atoms with E-state index in [4.69, 9.17) is 4.98 Å². The van der Waals surface area contributed by atoms with Gasteiger partial charge in [-0.3, -0.25) is 4.99 Å². The number of hydrogen-bond donors (Lipinski definition) is 2. The van der Waals surface area contributed by atoms with E-state index in [1.54, 1.807) is 0 Å². The first-order valence-electron chi connectivity index (χ1n) is 13.7. The van der Waals surface area contributed by atoms with Gasteiger partial charge in [0.25, 0.3) is 0 Å². The van der Waals surface area contributed by atoms with Crippen molar-refractivity contribution in [2.45, 2.75) is 12.5 Å². The summed E-state index contributed by atoms with van der Waals surface area (Å²) in [6.07, 6.45) is 5.01. The Hall–Kier alpha value is -4.75. The van der Waals surface area contributed by atoms with E-state index in [0.29, 0.717) is 18.7 Å². The second-order valence-corrected chi connectivity index (χ2v) is 10.5. The van der Waals surface area contributed by atoms with Crippen molar-refractivity contribution in [2.75, 3.05) is 42.3 Å². The molecule has 7 nitrogen and oxygen atoms in total. The van der Waals surface area contributed by atoms with Crippen LogP contribution < -0.4 is 15.5 Å². The number of benzene rings is 4. The molecule has 5 aromatic rings. The highest BCUT2D eigenvalue weighted by Crippen LogP contribution is 2.35. The maximum Gasteiger partial charge on any atom is 0.227 e. The molecule has 0 bridgehead atoms. The predicted molar refractivity (Wildman–Crippen MR) is 165 cm³/mol. The molecule has 0 unspecified atom stereocenters. The average molecular weight is 526 g/mol. The van der Waals surface area contributed by atoms with Crippen LogP contribution >= 0.6 is 0 Å². The Bertz CT molecular complexity index is 1700. The fraction of sp³-hybridized carbons (Fsp3) is 0.182. The molecule has 0 amide bonds. The number of aromatic nitrogens is 2. The number of likely N-dealkylation sites (N-methyl/N-ethyl adjacent to an activating group) is 1. The molecule has 2 aliphatic heterocycles. The zero-order valence-corrected chi connectivity index (χ0v) is 22.5. The van der Waals surface area contributed by atoms with Gasteiger partial charge in [-0.1, -0.05) is 48.5 Å². The molecular formula is C33H31N7. The molecule has 2 aliphatic rings. The summed E-state index contributed by atoms with van der Waals surface area (Å²) in [5.74, 6) is 0.577. The molecule has 0 radical (unpaired) electrons. The maximum absolute atomic E-state index is 4.96. The van der Waals surface area contributed by atoms with Crippen molar-refractivity contribution >= 4 is 45.8 Å². The van der Waals surface area contributed by atoms with Gasteiger partial charge in [0, 0.05) is 58.6 Å². The third-order valence-corrected chi connectivity index (χ3v) is 7.66. The standard InChI is InChI=1S/C33H31N7/c1-39-17-16-28(21-39)36-26-12-14-27(15-13-26)37-33-35-20-25-8-5-10-30(32(25)38-33)23-7-4-9-29(18-23)40-22-34-19-24-6-2-3-11-31(24)40/h2-15,18-20,28,36H,16-17,21-22H2,1H3,(H,35,37,38)/t28-/m0/s1. The Morgan fingerprint density at radius 2 is 1.73 bits per heavy atom. The molecule has 7 heteroatoms. The summed E-state index contributed by atoms with van der Waals surface area (Å²) < 4.78 is 0. The molecule has 1 fully saturated rings. The van der Waals surface area contributed by atoms with Gasteiger partial charge in [-0.05, 0) is 68.0 Å². The van der Waals surface area contributed by atoms with Gasteiger partial charge in [0.05, 0.1) is 11.2 Å². The molecule has 198 valence electrons. The SMILES string of the molecule is CN1CC[C@H](Nc2ccc(Nc3ncc4cccc(-c5cccc(N6CN=Cc7ccccc76)c5)c4n3)cc2)C1. The van der Waals surface area contributed by atoms with E-state index in [-0.39, 0.29) is 0 Å². The lowest BCUT2D eigenvalue weighted by molar-refractivity contribution is 0.414. The van der Waals surface area contributed by atoms with Crippen molar-refractivity contribution in [3.8, 4) is 11.1 Å². The van der Waals surface area contributed by atoms with Gasteiger partial charge in [0.15, 0.2) is 0 Å². The molecule has 4 aromatic carbocycles. The van der Waals surface area contributed by atoms with Gasteiger partial charge in [0.2, 0.25) is 5.95 Å². The van der Waals surface area contributed by atoms with Crippen LogP contribution in [0.15, 0.2) is 102 Å². The van der Waals surface area contributed by atoms with Crippen LogP contribution in [0.2, 0.25) is 0 Å². The van der Waals surface area contributed by atoms with Crippen LogP contribution in [0.25, 0.3) is 22.0 Å². The first-order valence-corrected chi connectivity index (χ1v) is 13.7. The van der Waals surface area contributed by atoms with Crippen molar-refractivity contribution in [3.63, 3.8) is 0 Å². The fourth-order valence-corrected chi connectivity index (χ4v) is 5.62. The molecule has 1 saturated heterocycles. The molecule has 2 N–H and O–H groups in total. The number of fused-ring (bicyclic) bond motifs is 2. The molecule has 0 spiro atoms. The Kier molecular flexibility index (Phi) is 6.34. The molecule has 1 aromatic heterocycles. The van der Waals surface area contributed by atoms with Gasteiger partial charge >= 0.3 is 0 Å². The first-order chi connectivity index (χ1) is 19.7. The van der Waals surface area contributed by atoms with Crippen molar-refractivity contribution in [3.05, 3.63) is 103 Å². The minimum absolute atomic E-state index is 0.502. The summed E-state index contributed by atoms with van der Waals surface area (Å²) in [6.45, 7) is 2.82. The number of hydrogen-bond acceptors (Lipinski definition) is 7. The van der Waals surface area contributed by atoms with Crippen LogP contribution in [-0.2, 0) is 0 Å². The Balaban J connectivity index is 1.15. The molecule has 0 aliphatic carbocycles. The smallest absolute Gasteiger partial charge is 0.227 e. The third kappa shape index (κ3) is 4.87. The highest BCUT2D eigenvalue weighted by atomic mass is 15.2. The summed E-state index contributed by atoms with van der Waals surface area (Å²) >= 11 is 0. The fourth-order valence-electron chi connectivity index (χ4n) is 5.62. The number of nitrogens with zero attached hydrogens (tertiary/aromatic N) is 5. The summed E-state index contributed by atoms with van der Waals surface area (Å²) in [4.78, 5) is 18.7. The van der Waals surface area contributed by atoms with Crippen LogP contribution in [0, 0.1) is 0 Å². The second kappa shape index (κ2) is 10.4. The molecule has 3 heterocycles. The predicted octanol–water partition coefficient (Wildman–Crippen LogP) is 6.68. The van der Waals surface area contributed by atoms with Gasteiger partial charge in [0.1, 0.15) is 6.67 Å². The molecule has 0 saturated carbocycles. The average Bonchev–Trinajstić information content (AvgIpc) is 3.41. The summed E-state index contributed by atoms with van der Waals surface area (Å²) in [5.41, 5.74) is 8.57. The van der Waals surface area contributed by atoms with E-state index in [1.807, 2.05) is 18.5 Å². The van der Waals surface area contributed by atoms with Gasteiger partial charge in [-0.25, -0.2) is 9.97 Å². The minimum atomic E-state index is 0.502. The largest absolute Gasteiger partial charge is 0.381 e. The van der Waals surface area contributed by atoms with E-state index < -0.39 is 0 Å². The van der Waals surface area contributed by atoms with E-state index in [9.17, 15) is 0 Å². The first kappa shape index (κ1) is 24.3. The highest BCUT2D eigenvalue weighted by Gasteiger charge is 2.19. The number of anilines is 5. The number of nitrogens with one attached hydrogen (secondary N) is 2. The lowest BCUT2D eigenvalue weighted by Crippen LogP contribution is -2.23. The monoisotopic (exact) mass is 525 g/mol. The lowest BCUT2D eigenvalue weighted by Gasteiger charge is -2.27. The topological polar surface area (TPSA) is 68.7 Å². The Morgan fingerprint density at radius 3 is 2.60 bits per heavy atom. The van der Waals surface area contributed by atoms with Crippen LogP contribution in [0.4, 0.5) is 28.7 Å². The summed E-state index contributed by atoms with van der Waals surface area (Å²) in [6, 6.07) is 32.1. The van der Waals surface area contributed by atoms with Crippen LogP contribution in [0.5, 0.6) is 0 Å². The molecule has 40 heavy (non-hydrogen) atoms. The van der Waals surface area contributed by atoms with Crippen molar-refractivity contribution in [1.82, 2.24) is 14.9 Å². The minimum Gasteiger partial charge on any atom is -0.381 e. The van der Waals surface area contributed by atoms with Crippen LogP contribution in [-0.4, -0.2) is 53.9 Å². The van der Waals surface area contributed by atoms with E-state index in [1.165, 1.54) is 6.42 Å². The molecular weight excluding hydrogens is 494 g/mol. The zero-order chi connectivity index (χ0) is 26.9. The third-order valence-electron chi connectivity index (χ3n) is 7.66. The normalized spacial score (nSPS) is 16.7. The van der Waals surface area contributed by atoms with E-state index in [0.717, 1.165) is 63.4 Å². The van der Waals surface area contributed by atoms with Crippen LogP contribution in [0.1, 0.15) is 12.0 Å². The number of aliphatic imine (C=N–C) groups is 1. The van der Waals surface area contributed by atoms with Gasteiger partial charge < -0.3 is 20.4 Å². The quantitative estimate of drug-likeness (QED) is 0.258. The highest BCUT2D eigenvalue weighted by molar-refractivity contribution is 5.95. The zero-order valence-electron chi connectivity index (χ0n) is 22.5. The lowest BCUT2D eigenvalue weighted by atomic mass is 10.0. The number of likely N-dealkylation sites (tertiary alicyclic amines) is 1. The molecule has 1 atom stereocenters. The molecule has 7 rings (SSSR count). The van der Waals surface area contributed by atoms with Crippen molar-refractivity contribution in [2.24, 2.45) is 4.99 Å². The van der Waals surface area contributed by atoms with E-state index in [2.05, 4.69) is 122 Å². The van der Waals surface area contributed by atoms with Gasteiger partial charge in [-0.15, -0.1) is 0 Å². The Morgan fingerprint density at radius 1 is 0.875 bits per heavy atom. The van der Waals surface area contributed by atoms with E-state index >= 15 is 0 Å². The summed E-state index contributed by atoms with van der Waals surface area (Å²) in [7, 11) is 2.17. The maximum atomic E-state index is 4.96. The number of rotatable bonds is 6. The number of para-hydroxylation sites is 2. The Labute approximate surface area is 234 Å². The van der Waals surface area contributed by atoms with Crippen LogP contribution in [0.3, 0.4) is 0 Å². The van der Waals surface area contributed by atoms with Crippen molar-refractivity contribution in [1.29, 1.82) is 0 Å².